The van der Waals surface area contributed by atoms with Gasteiger partial charge in [-0.05, 0) is 84.9 Å². The molecule has 1 aromatic heterocycles. The first-order valence-corrected chi connectivity index (χ1v) is 12.5. The van der Waals surface area contributed by atoms with E-state index >= 15 is 0 Å². The highest BCUT2D eigenvalue weighted by atomic mass is 19.1. The summed E-state index contributed by atoms with van der Waals surface area (Å²) in [6.07, 6.45) is 3.93. The zero-order valence-corrected chi connectivity index (χ0v) is 20.7. The number of rotatable bonds is 9. The first-order chi connectivity index (χ1) is 17.9. The molecule has 0 saturated carbocycles. The molecule has 37 heavy (non-hydrogen) atoms. The minimum Gasteiger partial charge on any atom is -0.361 e. The summed E-state index contributed by atoms with van der Waals surface area (Å²) >= 11 is 0. The summed E-state index contributed by atoms with van der Waals surface area (Å²) in [5.41, 5.74) is 3.99. The number of ether oxygens (including phenoxy) is 1. The van der Waals surface area contributed by atoms with E-state index in [1.807, 2.05) is 12.1 Å². The molecule has 4 aromatic rings. The van der Waals surface area contributed by atoms with Crippen LogP contribution in [0.5, 0.6) is 0 Å². The van der Waals surface area contributed by atoms with E-state index in [1.165, 1.54) is 18.2 Å². The molecule has 0 radical (unpaired) electrons. The fourth-order valence-electron chi connectivity index (χ4n) is 5.44. The molecule has 4 nitrogen and oxygen atoms in total. The summed E-state index contributed by atoms with van der Waals surface area (Å²) < 4.78 is 48.0. The molecule has 0 saturated heterocycles. The third-order valence-electron chi connectivity index (χ3n) is 7.39. The highest BCUT2D eigenvalue weighted by molar-refractivity contribution is 5.83. The maximum atomic E-state index is 14.1. The summed E-state index contributed by atoms with van der Waals surface area (Å²) in [5, 5.41) is 9.88. The van der Waals surface area contributed by atoms with Crippen LogP contribution in [0.4, 0.5) is 13.2 Å². The third kappa shape index (κ3) is 4.87. The van der Waals surface area contributed by atoms with E-state index in [2.05, 4.69) is 22.9 Å². The Hall–Kier alpha value is -3.60. The van der Waals surface area contributed by atoms with E-state index in [1.54, 1.807) is 24.4 Å². The lowest BCUT2D eigenvalue weighted by molar-refractivity contribution is -0.0145. The van der Waals surface area contributed by atoms with Crippen molar-refractivity contribution in [2.75, 3.05) is 19.6 Å². The van der Waals surface area contributed by atoms with Crippen LogP contribution in [0.25, 0.3) is 10.9 Å². The molecule has 0 fully saturated rings. The SMILES string of the molecule is CCN(CCCC1(c2ccc(F)cc2)OCc2cc(C#N)ccc21)CCc1c[nH]c2c(F)cc(F)cc12. The molecule has 1 atom stereocenters. The van der Waals surface area contributed by atoms with Gasteiger partial charge in [-0.2, -0.15) is 5.26 Å². The number of nitrogens with zero attached hydrogens (tertiary/aromatic N) is 2. The van der Waals surface area contributed by atoms with Crippen LogP contribution in [-0.2, 0) is 23.4 Å². The standard InChI is InChI=1S/C30H28F3N3O/c1-2-36(13-10-21-18-35-29-26(21)15-25(32)16-28(29)33)12-3-11-30(23-5-7-24(31)8-6-23)27-9-4-20(17-34)14-22(27)19-37-30/h4-9,14-16,18,35H,2-3,10-13,19H2,1H3. The Balaban J connectivity index is 1.31. The number of nitriles is 1. The van der Waals surface area contributed by atoms with Gasteiger partial charge in [0.15, 0.2) is 0 Å². The number of likely N-dealkylation sites (N-methyl/N-ethyl adjacent to an activating group) is 1. The number of benzene rings is 3. The molecule has 190 valence electrons. The van der Waals surface area contributed by atoms with Gasteiger partial charge in [-0.3, -0.25) is 0 Å². The Labute approximate surface area is 214 Å². The molecule has 1 aliphatic heterocycles. The van der Waals surface area contributed by atoms with Gasteiger partial charge in [-0.1, -0.05) is 25.1 Å². The van der Waals surface area contributed by atoms with Crippen LogP contribution in [0.2, 0.25) is 0 Å². The number of hydrogen-bond donors (Lipinski definition) is 1. The fourth-order valence-corrected chi connectivity index (χ4v) is 5.44. The average molecular weight is 504 g/mol. The molecule has 1 N–H and O–H groups in total. The highest BCUT2D eigenvalue weighted by Crippen LogP contribution is 2.45. The molecule has 5 rings (SSSR count). The van der Waals surface area contributed by atoms with Gasteiger partial charge in [-0.25, -0.2) is 13.2 Å². The van der Waals surface area contributed by atoms with Gasteiger partial charge in [0.25, 0.3) is 0 Å². The second kappa shape index (κ2) is 10.4. The summed E-state index contributed by atoms with van der Waals surface area (Å²) in [5.74, 6) is -1.47. The maximum Gasteiger partial charge on any atom is 0.150 e. The smallest absolute Gasteiger partial charge is 0.150 e. The fraction of sp³-hybridized carbons (Fsp3) is 0.300. The van der Waals surface area contributed by atoms with Gasteiger partial charge in [0.2, 0.25) is 0 Å². The summed E-state index contributed by atoms with van der Waals surface area (Å²) in [6, 6.07) is 16.5. The topological polar surface area (TPSA) is 52.0 Å². The van der Waals surface area contributed by atoms with Crippen molar-refractivity contribution in [1.82, 2.24) is 9.88 Å². The number of aromatic nitrogens is 1. The minimum atomic E-state index is -0.706. The molecule has 0 spiro atoms. The Bertz CT molecular complexity index is 1460. The van der Waals surface area contributed by atoms with Crippen LogP contribution >= 0.6 is 0 Å². The van der Waals surface area contributed by atoms with E-state index in [0.717, 1.165) is 54.4 Å². The first-order valence-electron chi connectivity index (χ1n) is 12.5. The molecular weight excluding hydrogens is 475 g/mol. The van der Waals surface area contributed by atoms with Gasteiger partial charge in [0.05, 0.1) is 23.8 Å². The van der Waals surface area contributed by atoms with Crippen molar-refractivity contribution >= 4 is 10.9 Å². The van der Waals surface area contributed by atoms with E-state index in [9.17, 15) is 18.4 Å². The van der Waals surface area contributed by atoms with Crippen LogP contribution < -0.4 is 0 Å². The molecule has 0 bridgehead atoms. The molecule has 0 aliphatic carbocycles. The predicted octanol–water partition coefficient (Wildman–Crippen LogP) is 6.58. The van der Waals surface area contributed by atoms with Crippen LogP contribution in [-0.4, -0.2) is 29.5 Å². The second-order valence-electron chi connectivity index (χ2n) is 9.52. The zero-order chi connectivity index (χ0) is 26.0. The second-order valence-corrected chi connectivity index (χ2v) is 9.52. The number of halogens is 3. The summed E-state index contributed by atoms with van der Waals surface area (Å²) in [4.78, 5) is 5.23. The van der Waals surface area contributed by atoms with Crippen LogP contribution in [0.15, 0.2) is 60.8 Å². The van der Waals surface area contributed by atoms with Crippen LogP contribution in [0, 0.1) is 28.8 Å². The van der Waals surface area contributed by atoms with Crippen molar-refractivity contribution in [2.45, 2.75) is 38.4 Å². The normalized spacial score (nSPS) is 16.9. The molecule has 1 aliphatic rings. The van der Waals surface area contributed by atoms with Gasteiger partial charge in [-0.15, -0.1) is 0 Å². The Morgan fingerprint density at radius 2 is 1.84 bits per heavy atom. The van der Waals surface area contributed by atoms with Crippen molar-refractivity contribution in [3.63, 3.8) is 0 Å². The van der Waals surface area contributed by atoms with Gasteiger partial charge in [0, 0.05) is 24.2 Å². The lowest BCUT2D eigenvalue weighted by atomic mass is 9.81. The molecule has 7 heteroatoms. The molecule has 3 aromatic carbocycles. The number of H-pyrrole nitrogens is 1. The zero-order valence-electron chi connectivity index (χ0n) is 20.7. The predicted molar refractivity (Wildman–Crippen MR) is 136 cm³/mol. The van der Waals surface area contributed by atoms with Crippen LogP contribution in [0.1, 0.15) is 47.6 Å². The molecule has 0 amide bonds. The van der Waals surface area contributed by atoms with Gasteiger partial charge in [0.1, 0.15) is 23.1 Å². The maximum absolute atomic E-state index is 14.1. The largest absolute Gasteiger partial charge is 0.361 e. The average Bonchev–Trinajstić information content (AvgIpc) is 3.48. The van der Waals surface area contributed by atoms with Crippen molar-refractivity contribution in [1.29, 1.82) is 5.26 Å². The van der Waals surface area contributed by atoms with E-state index in [4.69, 9.17) is 4.74 Å². The van der Waals surface area contributed by atoms with Gasteiger partial charge < -0.3 is 14.6 Å². The lowest BCUT2D eigenvalue weighted by Gasteiger charge is -2.32. The third-order valence-corrected chi connectivity index (χ3v) is 7.39. The molecule has 2 heterocycles. The Kier molecular flexibility index (Phi) is 7.05. The van der Waals surface area contributed by atoms with E-state index < -0.39 is 17.2 Å². The highest BCUT2D eigenvalue weighted by Gasteiger charge is 2.41. The van der Waals surface area contributed by atoms with E-state index in [0.29, 0.717) is 35.9 Å². The molecule has 1 unspecified atom stereocenters. The van der Waals surface area contributed by atoms with Crippen molar-refractivity contribution in [2.24, 2.45) is 0 Å². The summed E-state index contributed by atoms with van der Waals surface area (Å²) in [7, 11) is 0. The number of aromatic amines is 1. The number of fused-ring (bicyclic) bond motifs is 2. The quantitative estimate of drug-likeness (QED) is 0.281. The van der Waals surface area contributed by atoms with Crippen LogP contribution in [0.3, 0.4) is 0 Å². The number of hydrogen-bond acceptors (Lipinski definition) is 3. The molecular formula is C30H28F3N3O. The Morgan fingerprint density at radius 3 is 2.59 bits per heavy atom. The van der Waals surface area contributed by atoms with Gasteiger partial charge >= 0.3 is 0 Å². The monoisotopic (exact) mass is 503 g/mol. The van der Waals surface area contributed by atoms with Crippen molar-refractivity contribution < 1.29 is 17.9 Å². The van der Waals surface area contributed by atoms with Crippen molar-refractivity contribution in [3.8, 4) is 6.07 Å². The number of nitrogens with one attached hydrogen (secondary N) is 1. The Morgan fingerprint density at radius 1 is 1.03 bits per heavy atom. The lowest BCUT2D eigenvalue weighted by Crippen LogP contribution is -2.31. The summed E-state index contributed by atoms with van der Waals surface area (Å²) in [6.45, 7) is 4.87. The van der Waals surface area contributed by atoms with Crippen molar-refractivity contribution in [3.05, 3.63) is 106 Å². The van der Waals surface area contributed by atoms with E-state index in [-0.39, 0.29) is 5.82 Å². The minimum absolute atomic E-state index is 0.300. The first kappa shape index (κ1) is 25.1.